The van der Waals surface area contributed by atoms with E-state index in [2.05, 4.69) is 6.58 Å². The molecule has 0 aliphatic rings. The molecular formula is C11H16INO. The largest absolute Gasteiger partial charge is 1.00 e. The minimum atomic E-state index is -0.796. The van der Waals surface area contributed by atoms with Gasteiger partial charge in [0.1, 0.15) is 7.05 Å². The van der Waals surface area contributed by atoms with E-state index >= 15 is 0 Å². The van der Waals surface area contributed by atoms with Crippen molar-refractivity contribution in [2.24, 2.45) is 7.05 Å². The molecule has 1 rings (SSSR count). The first-order chi connectivity index (χ1) is 6.06. The predicted molar refractivity (Wildman–Crippen MR) is 52.0 cm³/mol. The Morgan fingerprint density at radius 2 is 2.00 bits per heavy atom. The smallest absolute Gasteiger partial charge is 0.168 e. The van der Waals surface area contributed by atoms with Gasteiger partial charge in [0.2, 0.25) is 0 Å². The number of aromatic nitrogens is 1. The zero-order valence-corrected chi connectivity index (χ0v) is 10.7. The third-order valence-electron chi connectivity index (χ3n) is 2.14. The predicted octanol–water partition coefficient (Wildman–Crippen LogP) is -1.70. The normalized spacial score (nSPS) is 13.9. The monoisotopic (exact) mass is 305 g/mol. The van der Waals surface area contributed by atoms with Crippen LogP contribution >= 0.6 is 0 Å². The molecule has 0 saturated carbocycles. The highest BCUT2D eigenvalue weighted by Gasteiger charge is 2.21. The van der Waals surface area contributed by atoms with Gasteiger partial charge in [-0.2, -0.15) is 0 Å². The average molecular weight is 305 g/mol. The number of hydrogen-bond donors (Lipinski definition) is 1. The lowest BCUT2D eigenvalue weighted by Crippen LogP contribution is -3.00. The van der Waals surface area contributed by atoms with Gasteiger partial charge in [0.05, 0.1) is 5.60 Å². The summed E-state index contributed by atoms with van der Waals surface area (Å²) in [6.45, 7) is 5.42. The van der Waals surface area contributed by atoms with E-state index in [1.54, 1.807) is 13.0 Å². The highest BCUT2D eigenvalue weighted by atomic mass is 127. The molecule has 1 unspecified atom stereocenters. The van der Waals surface area contributed by atoms with E-state index in [4.69, 9.17) is 0 Å². The molecule has 1 atom stereocenters. The molecule has 0 fully saturated rings. The van der Waals surface area contributed by atoms with Gasteiger partial charge in [0, 0.05) is 12.1 Å². The summed E-state index contributed by atoms with van der Waals surface area (Å²) in [5.41, 5.74) is 0.126. The van der Waals surface area contributed by atoms with Crippen LogP contribution < -0.4 is 28.5 Å². The summed E-state index contributed by atoms with van der Waals surface area (Å²) in [6, 6.07) is 3.84. The summed E-state index contributed by atoms with van der Waals surface area (Å²) in [5, 5.41) is 10.00. The summed E-state index contributed by atoms with van der Waals surface area (Å²) in [4.78, 5) is 0. The Balaban J connectivity index is 0.00000169. The van der Waals surface area contributed by atoms with Crippen LogP contribution in [0.15, 0.2) is 37.2 Å². The summed E-state index contributed by atoms with van der Waals surface area (Å²) in [7, 11) is 1.95. The highest BCUT2D eigenvalue weighted by molar-refractivity contribution is 5.17. The van der Waals surface area contributed by atoms with Gasteiger partial charge >= 0.3 is 0 Å². The fourth-order valence-electron chi connectivity index (χ4n) is 1.26. The van der Waals surface area contributed by atoms with Crippen LogP contribution in [-0.2, 0) is 12.6 Å². The average Bonchev–Trinajstić information content (AvgIpc) is 2.05. The zero-order chi connectivity index (χ0) is 9.90. The zero-order valence-electron chi connectivity index (χ0n) is 8.57. The van der Waals surface area contributed by atoms with Gasteiger partial charge < -0.3 is 29.1 Å². The number of halogens is 1. The lowest BCUT2D eigenvalue weighted by molar-refractivity contribution is -0.671. The van der Waals surface area contributed by atoms with Crippen LogP contribution in [0.25, 0.3) is 0 Å². The standard InChI is InChI=1S/C11H16NO.HI/c1-4-7-11(2,13)10-5-8-12(3)9-6-10;/h4-6,8-9,13H,1,7H2,2-3H3;1H/q+1;/p-1. The van der Waals surface area contributed by atoms with Crippen LogP contribution in [0.1, 0.15) is 18.9 Å². The quantitative estimate of drug-likeness (QED) is 0.402. The van der Waals surface area contributed by atoms with Gasteiger partial charge in [-0.15, -0.1) is 6.58 Å². The first kappa shape index (κ1) is 13.6. The number of nitrogens with zero attached hydrogens (tertiary/aromatic N) is 1. The van der Waals surface area contributed by atoms with E-state index in [1.165, 1.54) is 0 Å². The van der Waals surface area contributed by atoms with Crippen LogP contribution in [-0.4, -0.2) is 5.11 Å². The van der Waals surface area contributed by atoms with Gasteiger partial charge in [-0.05, 0) is 18.9 Å². The molecule has 2 nitrogen and oxygen atoms in total. The first-order valence-electron chi connectivity index (χ1n) is 4.35. The molecule has 0 amide bonds. The van der Waals surface area contributed by atoms with E-state index in [-0.39, 0.29) is 24.0 Å². The number of pyridine rings is 1. The van der Waals surface area contributed by atoms with Crippen molar-refractivity contribution in [3.05, 3.63) is 42.7 Å². The molecule has 0 bridgehead atoms. The Bertz CT molecular complexity index is 293. The molecule has 1 aromatic heterocycles. The van der Waals surface area contributed by atoms with Crippen molar-refractivity contribution in [2.75, 3.05) is 0 Å². The molecule has 78 valence electrons. The van der Waals surface area contributed by atoms with Gasteiger partial charge in [0.15, 0.2) is 12.4 Å². The summed E-state index contributed by atoms with van der Waals surface area (Å²) >= 11 is 0. The van der Waals surface area contributed by atoms with E-state index in [9.17, 15) is 5.11 Å². The van der Waals surface area contributed by atoms with E-state index in [0.717, 1.165) is 5.56 Å². The van der Waals surface area contributed by atoms with Crippen molar-refractivity contribution in [3.8, 4) is 0 Å². The molecule has 1 N–H and O–H groups in total. The van der Waals surface area contributed by atoms with Gasteiger partial charge in [0.25, 0.3) is 0 Å². The third kappa shape index (κ3) is 3.38. The maximum absolute atomic E-state index is 10.00. The van der Waals surface area contributed by atoms with Crippen LogP contribution in [0.2, 0.25) is 0 Å². The number of hydrogen-bond acceptors (Lipinski definition) is 1. The lowest BCUT2D eigenvalue weighted by atomic mass is 9.94. The van der Waals surface area contributed by atoms with Crippen LogP contribution in [0.4, 0.5) is 0 Å². The van der Waals surface area contributed by atoms with Crippen molar-refractivity contribution in [1.29, 1.82) is 0 Å². The molecule has 0 saturated heterocycles. The van der Waals surface area contributed by atoms with Crippen molar-refractivity contribution in [3.63, 3.8) is 0 Å². The van der Waals surface area contributed by atoms with Crippen molar-refractivity contribution >= 4 is 0 Å². The molecule has 1 heterocycles. The SMILES string of the molecule is C=CCC(C)(O)c1cc[n+](C)cc1.[I-]. The molecule has 14 heavy (non-hydrogen) atoms. The second-order valence-electron chi connectivity index (χ2n) is 3.52. The topological polar surface area (TPSA) is 24.1 Å². The summed E-state index contributed by atoms with van der Waals surface area (Å²) < 4.78 is 1.94. The van der Waals surface area contributed by atoms with E-state index in [1.807, 2.05) is 36.1 Å². The summed E-state index contributed by atoms with van der Waals surface area (Å²) in [6.07, 6.45) is 6.15. The van der Waals surface area contributed by atoms with E-state index < -0.39 is 5.60 Å². The van der Waals surface area contributed by atoms with Crippen LogP contribution in [0.5, 0.6) is 0 Å². The Morgan fingerprint density at radius 1 is 1.50 bits per heavy atom. The molecule has 0 spiro atoms. The third-order valence-corrected chi connectivity index (χ3v) is 2.14. The second kappa shape index (κ2) is 5.46. The number of aryl methyl sites for hydroxylation is 1. The first-order valence-corrected chi connectivity index (χ1v) is 4.35. The molecule has 0 radical (unpaired) electrons. The minimum absolute atomic E-state index is 0. The highest BCUT2D eigenvalue weighted by Crippen LogP contribution is 2.23. The lowest BCUT2D eigenvalue weighted by Gasteiger charge is -2.20. The molecule has 1 aromatic rings. The fourth-order valence-corrected chi connectivity index (χ4v) is 1.26. The molecule has 3 heteroatoms. The van der Waals surface area contributed by atoms with E-state index in [0.29, 0.717) is 6.42 Å². The maximum atomic E-state index is 10.00. The Hall–Kier alpha value is -0.420. The van der Waals surface area contributed by atoms with Crippen molar-refractivity contribution < 1.29 is 33.7 Å². The molecular weight excluding hydrogens is 289 g/mol. The van der Waals surface area contributed by atoms with Crippen molar-refractivity contribution in [2.45, 2.75) is 18.9 Å². The number of aliphatic hydroxyl groups is 1. The summed E-state index contributed by atoms with van der Waals surface area (Å²) in [5.74, 6) is 0. The Morgan fingerprint density at radius 3 is 2.43 bits per heavy atom. The maximum Gasteiger partial charge on any atom is 0.168 e. The second-order valence-corrected chi connectivity index (χ2v) is 3.52. The van der Waals surface area contributed by atoms with Gasteiger partial charge in [-0.1, -0.05) is 6.08 Å². The molecule has 0 aromatic carbocycles. The van der Waals surface area contributed by atoms with Gasteiger partial charge in [-0.25, -0.2) is 4.57 Å². The number of rotatable bonds is 3. The molecule has 0 aliphatic carbocycles. The van der Waals surface area contributed by atoms with Crippen molar-refractivity contribution in [1.82, 2.24) is 0 Å². The molecule has 0 aliphatic heterocycles. The van der Waals surface area contributed by atoms with Gasteiger partial charge in [-0.3, -0.25) is 0 Å². The van der Waals surface area contributed by atoms with Crippen LogP contribution in [0.3, 0.4) is 0 Å². The Kier molecular flexibility index (Phi) is 5.29. The fraction of sp³-hybridized carbons (Fsp3) is 0.364. The Labute approximate surface area is 102 Å². The van der Waals surface area contributed by atoms with Crippen LogP contribution in [0, 0.1) is 0 Å². The minimum Gasteiger partial charge on any atom is -1.00 e.